The molecule has 0 heterocycles. The van der Waals surface area contributed by atoms with Crippen LogP contribution in [0.3, 0.4) is 0 Å². The molecule has 0 radical (unpaired) electrons. The van der Waals surface area contributed by atoms with Gasteiger partial charge in [0.15, 0.2) is 0 Å². The molecule has 3 aromatic rings. The summed E-state index contributed by atoms with van der Waals surface area (Å²) in [6.07, 6.45) is 4.01. The maximum atomic E-state index is 12.5. The normalized spacial score (nSPS) is 15.5. The van der Waals surface area contributed by atoms with E-state index in [4.69, 9.17) is 0 Å². The summed E-state index contributed by atoms with van der Waals surface area (Å²) in [4.78, 5) is 12.5. The fourth-order valence-electron chi connectivity index (χ4n) is 3.83. The number of hydrogen-bond donors (Lipinski definition) is 1. The summed E-state index contributed by atoms with van der Waals surface area (Å²) < 4.78 is 0. The van der Waals surface area contributed by atoms with Crippen molar-refractivity contribution in [3.8, 4) is 0 Å². The Morgan fingerprint density at radius 2 is 1.60 bits per heavy atom. The third-order valence-electron chi connectivity index (χ3n) is 5.50. The monoisotopic (exact) mass is 329 g/mol. The summed E-state index contributed by atoms with van der Waals surface area (Å²) in [7, 11) is 0. The topological polar surface area (TPSA) is 29.1 Å². The molecule has 25 heavy (non-hydrogen) atoms. The lowest BCUT2D eigenvalue weighted by Crippen LogP contribution is -2.45. The number of hydrogen-bond acceptors (Lipinski definition) is 1. The molecule has 2 nitrogen and oxygen atoms in total. The zero-order valence-electron chi connectivity index (χ0n) is 14.4. The van der Waals surface area contributed by atoms with Crippen LogP contribution in [-0.4, -0.2) is 12.5 Å². The Morgan fingerprint density at radius 3 is 2.32 bits per heavy atom. The molecule has 0 unspecified atom stereocenters. The summed E-state index contributed by atoms with van der Waals surface area (Å²) in [5.74, 6) is 0.109. The molecule has 1 amide bonds. The first-order valence-corrected chi connectivity index (χ1v) is 9.05. The van der Waals surface area contributed by atoms with Crippen LogP contribution in [0.25, 0.3) is 10.8 Å². The van der Waals surface area contributed by atoms with Gasteiger partial charge in [0.05, 0.1) is 6.42 Å². The second-order valence-corrected chi connectivity index (χ2v) is 7.13. The minimum absolute atomic E-state index is 0.109. The number of rotatable bonds is 5. The Hall–Kier alpha value is -2.61. The van der Waals surface area contributed by atoms with Crippen LogP contribution >= 0.6 is 0 Å². The van der Waals surface area contributed by atoms with Gasteiger partial charge in [0, 0.05) is 12.0 Å². The molecule has 1 N–H and O–H groups in total. The molecule has 2 heteroatoms. The highest BCUT2D eigenvalue weighted by Crippen LogP contribution is 2.43. The van der Waals surface area contributed by atoms with Crippen LogP contribution in [0.1, 0.15) is 30.4 Å². The molecule has 0 bridgehead atoms. The van der Waals surface area contributed by atoms with E-state index in [9.17, 15) is 4.79 Å². The maximum absolute atomic E-state index is 12.5. The van der Waals surface area contributed by atoms with E-state index in [1.807, 2.05) is 18.2 Å². The first-order valence-electron chi connectivity index (χ1n) is 9.05. The summed E-state index contributed by atoms with van der Waals surface area (Å²) in [6.45, 7) is 0.740. The van der Waals surface area contributed by atoms with Gasteiger partial charge in [0.2, 0.25) is 5.91 Å². The van der Waals surface area contributed by atoms with Gasteiger partial charge in [-0.1, -0.05) is 79.2 Å². The van der Waals surface area contributed by atoms with Gasteiger partial charge in [-0.3, -0.25) is 4.79 Å². The molecule has 0 spiro atoms. The fourth-order valence-corrected chi connectivity index (χ4v) is 3.83. The third-order valence-corrected chi connectivity index (χ3v) is 5.50. The highest BCUT2D eigenvalue weighted by molar-refractivity contribution is 5.85. The van der Waals surface area contributed by atoms with Gasteiger partial charge in [0.25, 0.3) is 0 Å². The summed E-state index contributed by atoms with van der Waals surface area (Å²) >= 11 is 0. The summed E-state index contributed by atoms with van der Waals surface area (Å²) in [6, 6.07) is 25.1. The Morgan fingerprint density at radius 1 is 0.880 bits per heavy atom. The number of nitrogens with one attached hydrogen (secondary N) is 1. The van der Waals surface area contributed by atoms with E-state index in [2.05, 4.69) is 59.9 Å². The molecular formula is C23H23NO. The first-order chi connectivity index (χ1) is 12.3. The van der Waals surface area contributed by atoms with Crippen LogP contribution in [0, 0.1) is 0 Å². The molecule has 0 aliphatic heterocycles. The van der Waals surface area contributed by atoms with Crippen LogP contribution in [0.2, 0.25) is 0 Å². The van der Waals surface area contributed by atoms with Gasteiger partial charge in [-0.2, -0.15) is 0 Å². The van der Waals surface area contributed by atoms with Gasteiger partial charge in [-0.25, -0.2) is 0 Å². The zero-order chi connectivity index (χ0) is 17.1. The number of fused-ring (bicyclic) bond motifs is 1. The van der Waals surface area contributed by atoms with Crippen LogP contribution in [0.5, 0.6) is 0 Å². The minimum Gasteiger partial charge on any atom is -0.355 e. The summed E-state index contributed by atoms with van der Waals surface area (Å²) in [5.41, 5.74) is 2.56. The quantitative estimate of drug-likeness (QED) is 0.727. The van der Waals surface area contributed by atoms with E-state index < -0.39 is 0 Å². The van der Waals surface area contributed by atoms with Crippen LogP contribution in [0.4, 0.5) is 0 Å². The highest BCUT2D eigenvalue weighted by Gasteiger charge is 2.38. The van der Waals surface area contributed by atoms with Crippen molar-refractivity contribution in [2.45, 2.75) is 31.1 Å². The highest BCUT2D eigenvalue weighted by atomic mass is 16.1. The molecule has 0 atom stereocenters. The molecule has 4 rings (SSSR count). The zero-order valence-corrected chi connectivity index (χ0v) is 14.4. The maximum Gasteiger partial charge on any atom is 0.224 e. The van der Waals surface area contributed by atoms with Crippen molar-refractivity contribution < 1.29 is 4.79 Å². The van der Waals surface area contributed by atoms with Crippen molar-refractivity contribution in [1.82, 2.24) is 5.32 Å². The predicted molar refractivity (Wildman–Crippen MR) is 103 cm³/mol. The molecular weight excluding hydrogens is 306 g/mol. The van der Waals surface area contributed by atoms with Crippen molar-refractivity contribution >= 4 is 16.7 Å². The van der Waals surface area contributed by atoms with Gasteiger partial charge in [0.1, 0.15) is 0 Å². The van der Waals surface area contributed by atoms with Crippen molar-refractivity contribution in [3.05, 3.63) is 83.9 Å². The number of carbonyl (C=O) groups excluding carboxylic acids is 1. The Labute approximate surface area is 148 Å². The molecule has 1 saturated carbocycles. The van der Waals surface area contributed by atoms with Crippen molar-refractivity contribution in [2.24, 2.45) is 0 Å². The van der Waals surface area contributed by atoms with Crippen LogP contribution < -0.4 is 5.32 Å². The average Bonchev–Trinajstić information content (AvgIpc) is 2.62. The first kappa shape index (κ1) is 15.9. The molecule has 0 aromatic heterocycles. The lowest BCUT2D eigenvalue weighted by molar-refractivity contribution is -0.120. The largest absolute Gasteiger partial charge is 0.355 e. The third kappa shape index (κ3) is 3.30. The van der Waals surface area contributed by atoms with Crippen LogP contribution in [-0.2, 0) is 16.6 Å². The summed E-state index contributed by atoms with van der Waals surface area (Å²) in [5, 5.41) is 5.58. The molecule has 1 aliphatic rings. The second kappa shape index (κ2) is 6.72. The van der Waals surface area contributed by atoms with E-state index in [0.717, 1.165) is 24.9 Å². The van der Waals surface area contributed by atoms with Crippen LogP contribution in [0.15, 0.2) is 72.8 Å². The molecule has 3 aromatic carbocycles. The SMILES string of the molecule is O=C(Cc1ccc2ccccc2c1)NCC1(c2ccccc2)CCC1. The van der Waals surface area contributed by atoms with E-state index >= 15 is 0 Å². The Kier molecular flexibility index (Phi) is 4.27. The minimum atomic E-state index is 0.109. The van der Waals surface area contributed by atoms with Crippen molar-refractivity contribution in [1.29, 1.82) is 0 Å². The molecule has 1 aliphatic carbocycles. The molecule has 126 valence electrons. The standard InChI is InChI=1S/C23H23NO/c25-22(16-18-11-12-19-7-4-5-8-20(19)15-18)24-17-23(13-6-14-23)21-9-2-1-3-10-21/h1-5,7-12,15H,6,13-14,16-17H2,(H,24,25). The lowest BCUT2D eigenvalue weighted by atomic mass is 9.64. The smallest absolute Gasteiger partial charge is 0.224 e. The second-order valence-electron chi connectivity index (χ2n) is 7.13. The molecule has 1 fully saturated rings. The van der Waals surface area contributed by atoms with E-state index in [1.54, 1.807) is 0 Å². The predicted octanol–water partition coefficient (Wildman–Crippen LogP) is 4.62. The Bertz CT molecular complexity index is 881. The van der Waals surface area contributed by atoms with Gasteiger partial charge in [-0.05, 0) is 34.7 Å². The number of benzene rings is 3. The van der Waals surface area contributed by atoms with E-state index in [-0.39, 0.29) is 11.3 Å². The van der Waals surface area contributed by atoms with E-state index in [1.165, 1.54) is 22.8 Å². The van der Waals surface area contributed by atoms with Gasteiger partial charge < -0.3 is 5.32 Å². The molecule has 0 saturated heterocycles. The lowest BCUT2D eigenvalue weighted by Gasteiger charge is -2.42. The Balaban J connectivity index is 1.41. The van der Waals surface area contributed by atoms with Gasteiger partial charge >= 0.3 is 0 Å². The van der Waals surface area contributed by atoms with Gasteiger partial charge in [-0.15, -0.1) is 0 Å². The van der Waals surface area contributed by atoms with Crippen molar-refractivity contribution in [2.75, 3.05) is 6.54 Å². The van der Waals surface area contributed by atoms with E-state index in [0.29, 0.717) is 6.42 Å². The number of amides is 1. The fraction of sp³-hybridized carbons (Fsp3) is 0.261. The van der Waals surface area contributed by atoms with Crippen molar-refractivity contribution in [3.63, 3.8) is 0 Å². The average molecular weight is 329 g/mol. The number of carbonyl (C=O) groups is 1.